The Morgan fingerprint density at radius 2 is 2.04 bits per heavy atom. The molecule has 5 heteroatoms. The fourth-order valence-corrected chi connectivity index (χ4v) is 4.17. The maximum absolute atomic E-state index is 12.7. The van der Waals surface area contributed by atoms with E-state index in [0.717, 1.165) is 63.7 Å². The Labute approximate surface area is 143 Å². The van der Waals surface area contributed by atoms with Crippen molar-refractivity contribution in [2.24, 2.45) is 5.92 Å². The van der Waals surface area contributed by atoms with Crippen LogP contribution in [0, 0.1) is 5.92 Å². The minimum atomic E-state index is 0.247. The highest BCUT2D eigenvalue weighted by atomic mass is 16.5. The number of rotatable bonds is 3. The molecule has 3 aliphatic heterocycles. The lowest BCUT2D eigenvalue weighted by molar-refractivity contribution is -0.129. The SMILES string of the molecule is C[C@@H]1CN(C(=O)Cc2ccc3c(c2)CCO3)C[C@@H]1N1CCOCC1. The summed E-state index contributed by atoms with van der Waals surface area (Å²) in [6.45, 7) is 8.35. The topological polar surface area (TPSA) is 42.0 Å². The number of nitrogens with zero attached hydrogens (tertiary/aromatic N) is 2. The zero-order valence-electron chi connectivity index (χ0n) is 14.4. The van der Waals surface area contributed by atoms with Crippen molar-refractivity contribution >= 4 is 5.91 Å². The fourth-order valence-electron chi connectivity index (χ4n) is 4.17. The highest BCUT2D eigenvalue weighted by molar-refractivity contribution is 5.79. The van der Waals surface area contributed by atoms with Crippen LogP contribution in [0.4, 0.5) is 0 Å². The normalized spacial score (nSPS) is 27.1. The molecule has 1 aromatic carbocycles. The van der Waals surface area contributed by atoms with E-state index in [1.807, 2.05) is 12.1 Å². The molecule has 0 saturated carbocycles. The van der Waals surface area contributed by atoms with E-state index >= 15 is 0 Å². The lowest BCUT2D eigenvalue weighted by Crippen LogP contribution is -2.47. The summed E-state index contributed by atoms with van der Waals surface area (Å²) >= 11 is 0. The van der Waals surface area contributed by atoms with E-state index in [2.05, 4.69) is 22.8 Å². The molecule has 2 atom stereocenters. The summed E-state index contributed by atoms with van der Waals surface area (Å²) in [7, 11) is 0. The first kappa shape index (κ1) is 15.9. The van der Waals surface area contributed by atoms with Crippen molar-refractivity contribution in [3.63, 3.8) is 0 Å². The molecule has 1 amide bonds. The van der Waals surface area contributed by atoms with E-state index in [-0.39, 0.29) is 5.91 Å². The number of hydrogen-bond donors (Lipinski definition) is 0. The van der Waals surface area contributed by atoms with Gasteiger partial charge in [-0.1, -0.05) is 19.1 Å². The van der Waals surface area contributed by atoms with Crippen molar-refractivity contribution in [1.29, 1.82) is 0 Å². The van der Waals surface area contributed by atoms with Gasteiger partial charge >= 0.3 is 0 Å². The number of hydrogen-bond acceptors (Lipinski definition) is 4. The number of morpholine rings is 1. The molecule has 0 spiro atoms. The van der Waals surface area contributed by atoms with Crippen LogP contribution in [0.2, 0.25) is 0 Å². The number of amides is 1. The van der Waals surface area contributed by atoms with Gasteiger partial charge in [0.15, 0.2) is 0 Å². The molecule has 24 heavy (non-hydrogen) atoms. The summed E-state index contributed by atoms with van der Waals surface area (Å²) in [6.07, 6.45) is 1.45. The summed E-state index contributed by atoms with van der Waals surface area (Å²) in [6, 6.07) is 6.65. The molecule has 1 aromatic rings. The molecule has 0 radical (unpaired) electrons. The van der Waals surface area contributed by atoms with Gasteiger partial charge in [-0.15, -0.1) is 0 Å². The molecule has 3 aliphatic rings. The third kappa shape index (κ3) is 3.15. The number of carbonyl (C=O) groups excluding carboxylic acids is 1. The molecule has 0 unspecified atom stereocenters. The summed E-state index contributed by atoms with van der Waals surface area (Å²) in [4.78, 5) is 17.3. The van der Waals surface area contributed by atoms with Crippen LogP contribution >= 0.6 is 0 Å². The van der Waals surface area contributed by atoms with Crippen LogP contribution in [0.25, 0.3) is 0 Å². The van der Waals surface area contributed by atoms with Gasteiger partial charge in [-0.05, 0) is 23.1 Å². The van der Waals surface area contributed by atoms with Crippen LogP contribution < -0.4 is 4.74 Å². The first-order valence-electron chi connectivity index (χ1n) is 9.05. The molecular formula is C19H26N2O3. The van der Waals surface area contributed by atoms with E-state index in [1.54, 1.807) is 0 Å². The van der Waals surface area contributed by atoms with Crippen molar-refractivity contribution < 1.29 is 14.3 Å². The van der Waals surface area contributed by atoms with Crippen LogP contribution in [0.5, 0.6) is 5.75 Å². The summed E-state index contributed by atoms with van der Waals surface area (Å²) in [5.41, 5.74) is 2.34. The van der Waals surface area contributed by atoms with Gasteiger partial charge in [0, 0.05) is 38.6 Å². The number of fused-ring (bicyclic) bond motifs is 1. The lowest BCUT2D eigenvalue weighted by Gasteiger charge is -2.34. The standard InChI is InChI=1S/C19H26N2O3/c1-14-12-21(13-17(14)20-5-8-23-9-6-20)19(22)11-15-2-3-18-16(10-15)4-7-24-18/h2-3,10,14,17H,4-9,11-13H2,1H3/t14-,17+/m1/s1. The lowest BCUT2D eigenvalue weighted by atomic mass is 10.0. The Hall–Kier alpha value is -1.59. The monoisotopic (exact) mass is 330 g/mol. The number of likely N-dealkylation sites (tertiary alicyclic amines) is 1. The van der Waals surface area contributed by atoms with Crippen molar-refractivity contribution in [3.8, 4) is 5.75 Å². The Morgan fingerprint density at radius 1 is 1.21 bits per heavy atom. The first-order chi connectivity index (χ1) is 11.7. The molecule has 3 heterocycles. The third-order valence-corrected chi connectivity index (χ3v) is 5.55. The quantitative estimate of drug-likeness (QED) is 0.839. The van der Waals surface area contributed by atoms with E-state index < -0.39 is 0 Å². The maximum Gasteiger partial charge on any atom is 0.227 e. The molecule has 2 saturated heterocycles. The molecule has 2 fully saturated rings. The summed E-state index contributed by atoms with van der Waals surface area (Å²) in [5, 5.41) is 0. The number of benzene rings is 1. The van der Waals surface area contributed by atoms with E-state index in [4.69, 9.17) is 9.47 Å². The fraction of sp³-hybridized carbons (Fsp3) is 0.632. The van der Waals surface area contributed by atoms with E-state index in [1.165, 1.54) is 5.56 Å². The van der Waals surface area contributed by atoms with Crippen LogP contribution in [0.15, 0.2) is 18.2 Å². The Morgan fingerprint density at radius 3 is 2.88 bits per heavy atom. The largest absolute Gasteiger partial charge is 0.493 e. The van der Waals surface area contributed by atoms with E-state index in [9.17, 15) is 4.79 Å². The summed E-state index contributed by atoms with van der Waals surface area (Å²) in [5.74, 6) is 1.75. The smallest absolute Gasteiger partial charge is 0.227 e. The maximum atomic E-state index is 12.7. The van der Waals surface area contributed by atoms with Crippen LogP contribution in [0.3, 0.4) is 0 Å². The van der Waals surface area contributed by atoms with Crippen LogP contribution in [-0.4, -0.2) is 67.7 Å². The molecule has 0 aliphatic carbocycles. The Bertz CT molecular complexity index is 613. The van der Waals surface area contributed by atoms with Gasteiger partial charge < -0.3 is 14.4 Å². The third-order valence-electron chi connectivity index (χ3n) is 5.55. The minimum Gasteiger partial charge on any atom is -0.493 e. The van der Waals surface area contributed by atoms with Crippen molar-refractivity contribution in [1.82, 2.24) is 9.80 Å². The van der Waals surface area contributed by atoms with Gasteiger partial charge in [-0.3, -0.25) is 9.69 Å². The second-order valence-electron chi connectivity index (χ2n) is 7.21. The molecule has 0 aromatic heterocycles. The molecule has 0 bridgehead atoms. The van der Waals surface area contributed by atoms with Gasteiger partial charge in [0.25, 0.3) is 0 Å². The second-order valence-corrected chi connectivity index (χ2v) is 7.21. The van der Waals surface area contributed by atoms with Gasteiger partial charge in [-0.25, -0.2) is 0 Å². The summed E-state index contributed by atoms with van der Waals surface area (Å²) < 4.78 is 11.0. The van der Waals surface area contributed by atoms with Gasteiger partial charge in [-0.2, -0.15) is 0 Å². The average Bonchev–Trinajstić information content (AvgIpc) is 3.21. The van der Waals surface area contributed by atoms with E-state index in [0.29, 0.717) is 18.4 Å². The average molecular weight is 330 g/mol. The molecule has 5 nitrogen and oxygen atoms in total. The minimum absolute atomic E-state index is 0.247. The van der Waals surface area contributed by atoms with Crippen LogP contribution in [-0.2, 0) is 22.4 Å². The predicted molar refractivity (Wildman–Crippen MR) is 91.3 cm³/mol. The van der Waals surface area contributed by atoms with Crippen molar-refractivity contribution in [2.75, 3.05) is 46.0 Å². The highest BCUT2D eigenvalue weighted by Crippen LogP contribution is 2.27. The molecule has 130 valence electrons. The van der Waals surface area contributed by atoms with Crippen LogP contribution in [0.1, 0.15) is 18.1 Å². The zero-order valence-corrected chi connectivity index (χ0v) is 14.4. The van der Waals surface area contributed by atoms with Gasteiger partial charge in [0.1, 0.15) is 5.75 Å². The Balaban J connectivity index is 1.38. The second kappa shape index (κ2) is 6.73. The number of carbonyl (C=O) groups is 1. The highest BCUT2D eigenvalue weighted by Gasteiger charge is 2.36. The van der Waals surface area contributed by atoms with Gasteiger partial charge in [0.2, 0.25) is 5.91 Å². The number of ether oxygens (including phenoxy) is 2. The predicted octanol–water partition coefficient (Wildman–Crippen LogP) is 1.34. The first-order valence-corrected chi connectivity index (χ1v) is 9.05. The molecular weight excluding hydrogens is 304 g/mol. The zero-order chi connectivity index (χ0) is 16.5. The molecule has 0 N–H and O–H groups in total. The molecule has 4 rings (SSSR count). The van der Waals surface area contributed by atoms with Crippen molar-refractivity contribution in [3.05, 3.63) is 29.3 Å². The van der Waals surface area contributed by atoms with Gasteiger partial charge in [0.05, 0.1) is 26.2 Å². The van der Waals surface area contributed by atoms with Crippen molar-refractivity contribution in [2.45, 2.75) is 25.8 Å². The Kier molecular flexibility index (Phi) is 4.46.